The molecule has 5 heteroatoms. The molecule has 1 aromatic carbocycles. The highest BCUT2D eigenvalue weighted by Crippen LogP contribution is 2.38. The Kier molecular flexibility index (Phi) is 5.34. The standard InChI is InChI=1S/C23H31N3OS/c1-22(2)13-9-14-23(3,4)26(22)27-17-18-16-25(19-10-6-5-7-11-19)21(24-18)20-12-8-15-28-20/h5-8,10-12,15,18H,9,13-14,16-17H2,1-4H3. The van der Waals surface area contributed by atoms with E-state index >= 15 is 0 Å². The maximum atomic E-state index is 6.45. The van der Waals surface area contributed by atoms with Gasteiger partial charge >= 0.3 is 0 Å². The number of piperidine rings is 1. The first-order chi connectivity index (χ1) is 13.4. The summed E-state index contributed by atoms with van der Waals surface area (Å²) in [4.78, 5) is 15.1. The average Bonchev–Trinajstić information content (AvgIpc) is 3.30. The lowest BCUT2D eigenvalue weighted by Gasteiger charge is -2.51. The van der Waals surface area contributed by atoms with E-state index in [2.05, 4.69) is 85.5 Å². The molecule has 2 aromatic rings. The van der Waals surface area contributed by atoms with Crippen molar-refractivity contribution in [3.63, 3.8) is 0 Å². The van der Waals surface area contributed by atoms with Crippen molar-refractivity contribution in [3.8, 4) is 0 Å². The lowest BCUT2D eigenvalue weighted by atomic mass is 9.82. The molecule has 4 nitrogen and oxygen atoms in total. The summed E-state index contributed by atoms with van der Waals surface area (Å²) in [5.41, 5.74) is 1.30. The van der Waals surface area contributed by atoms with Gasteiger partial charge in [0.15, 0.2) is 0 Å². The molecule has 150 valence electrons. The van der Waals surface area contributed by atoms with Gasteiger partial charge in [-0.15, -0.1) is 11.3 Å². The van der Waals surface area contributed by atoms with Gasteiger partial charge < -0.3 is 4.90 Å². The first-order valence-corrected chi connectivity index (χ1v) is 11.1. The SMILES string of the molecule is CC1(C)CCCC(C)(C)N1OCC1CN(c2ccccc2)C(c2cccs2)=N1. The van der Waals surface area contributed by atoms with E-state index in [1.54, 1.807) is 11.3 Å². The van der Waals surface area contributed by atoms with Crippen LogP contribution in [0.25, 0.3) is 0 Å². The Balaban J connectivity index is 1.52. The summed E-state index contributed by atoms with van der Waals surface area (Å²) in [5, 5.41) is 4.36. The number of aliphatic imine (C=N–C) groups is 1. The number of nitrogens with zero attached hydrogens (tertiary/aromatic N) is 3. The molecule has 0 saturated carbocycles. The Morgan fingerprint density at radius 1 is 1.04 bits per heavy atom. The van der Waals surface area contributed by atoms with Crippen LogP contribution in [-0.4, -0.2) is 41.2 Å². The third-order valence-corrected chi connectivity index (χ3v) is 6.70. The van der Waals surface area contributed by atoms with E-state index in [1.807, 2.05) is 0 Å². The van der Waals surface area contributed by atoms with Crippen molar-refractivity contribution in [2.45, 2.75) is 64.1 Å². The van der Waals surface area contributed by atoms with Gasteiger partial charge in [-0.3, -0.25) is 9.83 Å². The summed E-state index contributed by atoms with van der Waals surface area (Å²) in [6.45, 7) is 10.6. The smallest absolute Gasteiger partial charge is 0.146 e. The molecular formula is C23H31N3OS. The topological polar surface area (TPSA) is 28.1 Å². The number of benzene rings is 1. The van der Waals surface area contributed by atoms with E-state index in [-0.39, 0.29) is 17.1 Å². The number of hydrogen-bond acceptors (Lipinski definition) is 5. The third-order valence-electron chi connectivity index (χ3n) is 5.84. The molecule has 1 unspecified atom stereocenters. The first kappa shape index (κ1) is 19.6. The predicted molar refractivity (Wildman–Crippen MR) is 118 cm³/mol. The van der Waals surface area contributed by atoms with Crippen LogP contribution in [0.3, 0.4) is 0 Å². The molecule has 0 spiro atoms. The molecule has 0 N–H and O–H groups in total. The highest BCUT2D eigenvalue weighted by Gasteiger charge is 2.43. The predicted octanol–water partition coefficient (Wildman–Crippen LogP) is 5.36. The highest BCUT2D eigenvalue weighted by atomic mass is 32.1. The van der Waals surface area contributed by atoms with Gasteiger partial charge in [0.1, 0.15) is 5.84 Å². The van der Waals surface area contributed by atoms with Crippen molar-refractivity contribution in [3.05, 3.63) is 52.7 Å². The van der Waals surface area contributed by atoms with Crippen LogP contribution in [0.5, 0.6) is 0 Å². The zero-order valence-corrected chi connectivity index (χ0v) is 18.2. The summed E-state index contributed by atoms with van der Waals surface area (Å²) in [5.74, 6) is 1.06. The van der Waals surface area contributed by atoms with E-state index in [1.165, 1.54) is 29.8 Å². The van der Waals surface area contributed by atoms with Gasteiger partial charge in [-0.1, -0.05) is 24.3 Å². The highest BCUT2D eigenvalue weighted by molar-refractivity contribution is 7.12. The Morgan fingerprint density at radius 2 is 1.75 bits per heavy atom. The minimum absolute atomic E-state index is 0.0553. The second kappa shape index (κ2) is 7.62. The van der Waals surface area contributed by atoms with Gasteiger partial charge in [-0.2, -0.15) is 5.06 Å². The van der Waals surface area contributed by atoms with Crippen LogP contribution in [0.1, 0.15) is 51.8 Å². The summed E-state index contributed by atoms with van der Waals surface area (Å²) < 4.78 is 0. The van der Waals surface area contributed by atoms with Crippen molar-refractivity contribution < 1.29 is 4.84 Å². The van der Waals surface area contributed by atoms with E-state index in [4.69, 9.17) is 9.83 Å². The average molecular weight is 398 g/mol. The Morgan fingerprint density at radius 3 is 2.39 bits per heavy atom. The molecule has 3 heterocycles. The number of hydrogen-bond donors (Lipinski definition) is 0. The van der Waals surface area contributed by atoms with Crippen molar-refractivity contribution in [1.29, 1.82) is 0 Å². The summed E-state index contributed by atoms with van der Waals surface area (Å²) in [6.07, 6.45) is 3.59. The van der Waals surface area contributed by atoms with E-state index in [9.17, 15) is 0 Å². The molecule has 2 aliphatic rings. The number of para-hydroxylation sites is 1. The lowest BCUT2D eigenvalue weighted by Crippen LogP contribution is -2.58. The summed E-state index contributed by atoms with van der Waals surface area (Å²) in [7, 11) is 0. The fraction of sp³-hybridized carbons (Fsp3) is 0.522. The quantitative estimate of drug-likeness (QED) is 0.680. The maximum absolute atomic E-state index is 6.45. The first-order valence-electron chi connectivity index (χ1n) is 10.2. The second-order valence-electron chi connectivity index (χ2n) is 9.10. The largest absolute Gasteiger partial charge is 0.323 e. The fourth-order valence-electron chi connectivity index (χ4n) is 4.59. The molecule has 1 atom stereocenters. The van der Waals surface area contributed by atoms with Gasteiger partial charge in [0.05, 0.1) is 17.5 Å². The van der Waals surface area contributed by atoms with Crippen LogP contribution in [0.2, 0.25) is 0 Å². The van der Waals surface area contributed by atoms with Gasteiger partial charge in [0, 0.05) is 23.3 Å². The van der Waals surface area contributed by atoms with E-state index < -0.39 is 0 Å². The number of anilines is 1. The van der Waals surface area contributed by atoms with Crippen LogP contribution < -0.4 is 4.90 Å². The van der Waals surface area contributed by atoms with Gasteiger partial charge in [0.25, 0.3) is 0 Å². The molecule has 1 aromatic heterocycles. The van der Waals surface area contributed by atoms with Gasteiger partial charge in [-0.25, -0.2) is 0 Å². The molecule has 0 aliphatic carbocycles. The van der Waals surface area contributed by atoms with Crippen molar-refractivity contribution in [1.82, 2.24) is 5.06 Å². The molecule has 0 bridgehead atoms. The molecule has 1 saturated heterocycles. The number of amidine groups is 1. The summed E-state index contributed by atoms with van der Waals surface area (Å²) >= 11 is 1.74. The van der Waals surface area contributed by atoms with Gasteiger partial charge in [0.2, 0.25) is 0 Å². The van der Waals surface area contributed by atoms with Crippen LogP contribution in [0, 0.1) is 0 Å². The Bertz CT molecular complexity index is 798. The zero-order valence-electron chi connectivity index (χ0n) is 17.4. The molecule has 0 amide bonds. The third kappa shape index (κ3) is 3.88. The number of rotatable bonds is 5. The lowest BCUT2D eigenvalue weighted by molar-refractivity contribution is -0.281. The van der Waals surface area contributed by atoms with Gasteiger partial charge in [-0.05, 0) is 70.5 Å². The van der Waals surface area contributed by atoms with Crippen LogP contribution in [-0.2, 0) is 4.84 Å². The Labute approximate surface area is 172 Å². The molecule has 2 aliphatic heterocycles. The van der Waals surface area contributed by atoms with E-state index in [0.29, 0.717) is 6.61 Å². The van der Waals surface area contributed by atoms with Crippen molar-refractivity contribution in [2.75, 3.05) is 18.1 Å². The minimum Gasteiger partial charge on any atom is -0.323 e. The molecule has 28 heavy (non-hydrogen) atoms. The fourth-order valence-corrected chi connectivity index (χ4v) is 5.32. The number of hydroxylamine groups is 2. The molecule has 0 radical (unpaired) electrons. The Hall–Kier alpha value is -1.69. The molecule has 1 fully saturated rings. The second-order valence-corrected chi connectivity index (χ2v) is 10.0. The molecule has 4 rings (SSSR count). The monoisotopic (exact) mass is 397 g/mol. The van der Waals surface area contributed by atoms with Crippen LogP contribution >= 0.6 is 11.3 Å². The van der Waals surface area contributed by atoms with Crippen molar-refractivity contribution >= 4 is 22.9 Å². The van der Waals surface area contributed by atoms with Crippen LogP contribution in [0.15, 0.2) is 52.8 Å². The molecular weight excluding hydrogens is 366 g/mol. The number of thiophene rings is 1. The zero-order chi connectivity index (χ0) is 19.8. The summed E-state index contributed by atoms with van der Waals surface area (Å²) in [6, 6.07) is 14.9. The van der Waals surface area contributed by atoms with Crippen LogP contribution in [0.4, 0.5) is 5.69 Å². The normalized spacial score (nSPS) is 24.4. The maximum Gasteiger partial charge on any atom is 0.146 e. The van der Waals surface area contributed by atoms with E-state index in [0.717, 1.165) is 12.4 Å². The van der Waals surface area contributed by atoms with Crippen molar-refractivity contribution in [2.24, 2.45) is 4.99 Å². The minimum atomic E-state index is 0.0553.